The van der Waals surface area contributed by atoms with Crippen LogP contribution in [0.25, 0.3) is 11.2 Å². The molecule has 0 saturated carbocycles. The molecular weight excluding hydrogens is 276 g/mol. The van der Waals surface area contributed by atoms with Crippen LogP contribution in [0.5, 0.6) is 0 Å². The van der Waals surface area contributed by atoms with Crippen molar-refractivity contribution in [2.75, 3.05) is 13.1 Å². The van der Waals surface area contributed by atoms with E-state index in [1.165, 1.54) is 19.6 Å². The van der Waals surface area contributed by atoms with Gasteiger partial charge in [0.25, 0.3) is 5.56 Å². The second kappa shape index (κ2) is 6.64. The number of carbonyl (C=O) groups is 2. The summed E-state index contributed by atoms with van der Waals surface area (Å²) in [6, 6.07) is 0. The van der Waals surface area contributed by atoms with E-state index in [0.29, 0.717) is 25.3 Å². The summed E-state index contributed by atoms with van der Waals surface area (Å²) >= 11 is 0. The van der Waals surface area contributed by atoms with E-state index in [4.69, 9.17) is 0 Å². The molecule has 0 aliphatic carbocycles. The van der Waals surface area contributed by atoms with Gasteiger partial charge in [0.2, 0.25) is 11.8 Å². The Labute approximate surface area is 119 Å². The number of imidazole rings is 1. The molecule has 2 rings (SSSR count). The summed E-state index contributed by atoms with van der Waals surface area (Å²) in [5, 5.41) is 5.27. The van der Waals surface area contributed by atoms with Gasteiger partial charge in [-0.05, 0) is 0 Å². The van der Waals surface area contributed by atoms with E-state index in [-0.39, 0.29) is 29.3 Å². The van der Waals surface area contributed by atoms with Gasteiger partial charge in [0.05, 0.1) is 12.7 Å². The van der Waals surface area contributed by atoms with Crippen molar-refractivity contribution in [2.24, 2.45) is 0 Å². The van der Waals surface area contributed by atoms with E-state index >= 15 is 0 Å². The van der Waals surface area contributed by atoms with Crippen LogP contribution in [0.2, 0.25) is 0 Å². The molecule has 0 fully saturated rings. The first-order valence-corrected chi connectivity index (χ1v) is 6.47. The van der Waals surface area contributed by atoms with Gasteiger partial charge < -0.3 is 20.2 Å². The Kier molecular flexibility index (Phi) is 4.64. The fourth-order valence-electron chi connectivity index (χ4n) is 1.81. The number of nitrogens with zero attached hydrogens (tertiary/aromatic N) is 3. The SMILES string of the molecule is CC(=O)NCCNC(=O)CCn1cnc2c(=O)[nH]cnc21. The Balaban J connectivity index is 1.84. The van der Waals surface area contributed by atoms with Crippen LogP contribution in [0, 0.1) is 0 Å². The molecule has 9 nitrogen and oxygen atoms in total. The average Bonchev–Trinajstić information content (AvgIpc) is 2.86. The smallest absolute Gasteiger partial charge is 0.278 e. The van der Waals surface area contributed by atoms with E-state index in [9.17, 15) is 14.4 Å². The zero-order chi connectivity index (χ0) is 15.2. The molecule has 21 heavy (non-hydrogen) atoms. The number of aryl methyl sites for hydroxylation is 1. The summed E-state index contributed by atoms with van der Waals surface area (Å²) in [6.07, 6.45) is 3.02. The van der Waals surface area contributed by atoms with Crippen molar-refractivity contribution in [2.45, 2.75) is 19.9 Å². The van der Waals surface area contributed by atoms with Crippen LogP contribution >= 0.6 is 0 Å². The van der Waals surface area contributed by atoms with Gasteiger partial charge in [-0.2, -0.15) is 0 Å². The summed E-state index contributed by atoms with van der Waals surface area (Å²) < 4.78 is 1.65. The maximum Gasteiger partial charge on any atom is 0.278 e. The van der Waals surface area contributed by atoms with Gasteiger partial charge in [-0.15, -0.1) is 0 Å². The van der Waals surface area contributed by atoms with Crippen LogP contribution in [-0.4, -0.2) is 44.4 Å². The zero-order valence-corrected chi connectivity index (χ0v) is 11.5. The lowest BCUT2D eigenvalue weighted by Crippen LogP contribution is -2.33. The molecule has 0 atom stereocenters. The van der Waals surface area contributed by atoms with Gasteiger partial charge in [0.15, 0.2) is 11.2 Å². The summed E-state index contributed by atoms with van der Waals surface area (Å²) in [5.74, 6) is -0.280. The van der Waals surface area contributed by atoms with Gasteiger partial charge in [-0.3, -0.25) is 14.4 Å². The highest BCUT2D eigenvalue weighted by Crippen LogP contribution is 2.04. The molecule has 2 amide bonds. The Morgan fingerprint density at radius 2 is 2.05 bits per heavy atom. The molecule has 0 aromatic carbocycles. The molecule has 0 spiro atoms. The quantitative estimate of drug-likeness (QED) is 0.575. The third kappa shape index (κ3) is 3.88. The van der Waals surface area contributed by atoms with E-state index in [2.05, 4.69) is 25.6 Å². The number of aromatic nitrogens is 4. The maximum absolute atomic E-state index is 11.6. The predicted octanol–water partition coefficient (Wildman–Crippen LogP) is -1.24. The maximum atomic E-state index is 11.6. The molecule has 9 heteroatoms. The third-order valence-electron chi connectivity index (χ3n) is 2.81. The molecule has 0 radical (unpaired) electrons. The number of carbonyl (C=O) groups excluding carboxylic acids is 2. The fourth-order valence-corrected chi connectivity index (χ4v) is 1.81. The topological polar surface area (TPSA) is 122 Å². The molecule has 2 aromatic rings. The molecule has 3 N–H and O–H groups in total. The summed E-state index contributed by atoms with van der Waals surface area (Å²) in [4.78, 5) is 44.2. The molecule has 0 aliphatic rings. The number of H-pyrrole nitrogens is 1. The lowest BCUT2D eigenvalue weighted by Gasteiger charge is -2.06. The van der Waals surface area contributed by atoms with Gasteiger partial charge in [0, 0.05) is 33.0 Å². The monoisotopic (exact) mass is 292 g/mol. The number of fused-ring (bicyclic) bond motifs is 1. The fraction of sp³-hybridized carbons (Fsp3) is 0.417. The average molecular weight is 292 g/mol. The molecular formula is C12H16N6O3. The minimum atomic E-state index is -0.307. The number of nitrogens with one attached hydrogen (secondary N) is 3. The molecule has 2 heterocycles. The van der Waals surface area contributed by atoms with Crippen LogP contribution in [0.4, 0.5) is 0 Å². The normalized spacial score (nSPS) is 10.5. The second-order valence-electron chi connectivity index (χ2n) is 4.42. The number of hydrogen-bond acceptors (Lipinski definition) is 5. The predicted molar refractivity (Wildman–Crippen MR) is 74.5 cm³/mol. The highest BCUT2D eigenvalue weighted by molar-refractivity contribution is 5.76. The zero-order valence-electron chi connectivity index (χ0n) is 11.5. The van der Waals surface area contributed by atoms with Crippen LogP contribution in [0.15, 0.2) is 17.4 Å². The summed E-state index contributed by atoms with van der Waals surface area (Å²) in [7, 11) is 0. The van der Waals surface area contributed by atoms with Crippen LogP contribution < -0.4 is 16.2 Å². The Hall–Kier alpha value is -2.71. The third-order valence-corrected chi connectivity index (χ3v) is 2.81. The number of amides is 2. The minimum Gasteiger partial charge on any atom is -0.355 e. The van der Waals surface area contributed by atoms with E-state index < -0.39 is 0 Å². The van der Waals surface area contributed by atoms with Crippen molar-refractivity contribution >= 4 is 23.0 Å². The number of hydrogen-bond donors (Lipinski definition) is 3. The van der Waals surface area contributed by atoms with Crippen molar-refractivity contribution in [3.8, 4) is 0 Å². The molecule has 2 aromatic heterocycles. The Bertz CT molecular complexity index is 704. The highest BCUT2D eigenvalue weighted by Gasteiger charge is 2.08. The first-order valence-electron chi connectivity index (χ1n) is 6.47. The largest absolute Gasteiger partial charge is 0.355 e. The molecule has 0 aliphatic heterocycles. The van der Waals surface area contributed by atoms with Gasteiger partial charge in [0.1, 0.15) is 0 Å². The van der Waals surface area contributed by atoms with E-state index in [1.807, 2.05) is 0 Å². The summed E-state index contributed by atoms with van der Waals surface area (Å²) in [6.45, 7) is 2.56. The number of aromatic amines is 1. The second-order valence-corrected chi connectivity index (χ2v) is 4.42. The van der Waals surface area contributed by atoms with Crippen molar-refractivity contribution < 1.29 is 9.59 Å². The van der Waals surface area contributed by atoms with Gasteiger partial charge in [-0.1, -0.05) is 0 Å². The van der Waals surface area contributed by atoms with Crippen molar-refractivity contribution in [3.05, 3.63) is 23.0 Å². The van der Waals surface area contributed by atoms with Crippen LogP contribution in [0.1, 0.15) is 13.3 Å². The molecule has 0 unspecified atom stereocenters. The van der Waals surface area contributed by atoms with Gasteiger partial charge in [-0.25, -0.2) is 9.97 Å². The lowest BCUT2D eigenvalue weighted by molar-refractivity contribution is -0.122. The Morgan fingerprint density at radius 1 is 1.29 bits per heavy atom. The van der Waals surface area contributed by atoms with Crippen molar-refractivity contribution in [1.29, 1.82) is 0 Å². The van der Waals surface area contributed by atoms with Gasteiger partial charge >= 0.3 is 0 Å². The van der Waals surface area contributed by atoms with E-state index in [0.717, 1.165) is 0 Å². The van der Waals surface area contributed by atoms with Crippen LogP contribution in [0.3, 0.4) is 0 Å². The number of rotatable bonds is 6. The minimum absolute atomic E-state index is 0.134. The first kappa shape index (κ1) is 14.7. The van der Waals surface area contributed by atoms with Crippen LogP contribution in [-0.2, 0) is 16.1 Å². The van der Waals surface area contributed by atoms with Crippen molar-refractivity contribution in [3.63, 3.8) is 0 Å². The first-order chi connectivity index (χ1) is 10.1. The lowest BCUT2D eigenvalue weighted by atomic mass is 10.4. The molecule has 112 valence electrons. The highest BCUT2D eigenvalue weighted by atomic mass is 16.2. The molecule has 0 bridgehead atoms. The van der Waals surface area contributed by atoms with Crippen molar-refractivity contribution in [1.82, 2.24) is 30.2 Å². The van der Waals surface area contributed by atoms with E-state index in [1.54, 1.807) is 4.57 Å². The molecule has 0 saturated heterocycles. The summed E-state index contributed by atoms with van der Waals surface area (Å²) in [5.41, 5.74) is 0.395. The standard InChI is InChI=1S/C12H16N6O3/c1-8(19)13-3-4-14-9(20)2-5-18-7-17-10-11(18)15-6-16-12(10)21/h6-7H,2-5H2,1H3,(H,13,19)(H,14,20)(H,15,16,21). The Morgan fingerprint density at radius 3 is 2.81 bits per heavy atom.